The lowest BCUT2D eigenvalue weighted by Crippen LogP contribution is -2.35. The van der Waals surface area contributed by atoms with Gasteiger partial charge < -0.3 is 10.6 Å². The minimum Gasteiger partial charge on any atom is -0.370 e. The summed E-state index contributed by atoms with van der Waals surface area (Å²) < 4.78 is 0. The first-order chi connectivity index (χ1) is 12.5. The van der Waals surface area contributed by atoms with Crippen molar-refractivity contribution in [2.45, 2.75) is 64.3 Å². The molecule has 3 N–H and O–H groups in total. The Morgan fingerprint density at radius 2 is 1.62 bits per heavy atom. The van der Waals surface area contributed by atoms with Gasteiger partial charge in [-0.25, -0.2) is 0 Å². The lowest BCUT2D eigenvalue weighted by Gasteiger charge is -2.25. The van der Waals surface area contributed by atoms with Gasteiger partial charge in [-0.2, -0.15) is 0 Å². The normalized spacial score (nSPS) is 15.2. The van der Waals surface area contributed by atoms with Crippen molar-refractivity contribution in [2.75, 3.05) is 4.90 Å². The summed E-state index contributed by atoms with van der Waals surface area (Å²) in [6.45, 7) is 5.02. The lowest BCUT2D eigenvalue weighted by molar-refractivity contribution is 0.443. The highest BCUT2D eigenvalue weighted by atomic mass is 15.2. The summed E-state index contributed by atoms with van der Waals surface area (Å²) in [5.41, 5.74) is 10.8. The zero-order valence-corrected chi connectivity index (χ0v) is 16.0. The molecule has 1 aliphatic rings. The third kappa shape index (κ3) is 4.46. The molecule has 1 aliphatic carbocycles. The number of guanidine groups is 1. The third-order valence-corrected chi connectivity index (χ3v) is 5.56. The van der Waals surface area contributed by atoms with Gasteiger partial charge in [-0.1, -0.05) is 69.5 Å². The second-order valence-corrected chi connectivity index (χ2v) is 7.79. The maximum atomic E-state index is 8.00. The number of hydrogen-bond acceptors (Lipinski definition) is 1. The largest absolute Gasteiger partial charge is 0.370 e. The van der Waals surface area contributed by atoms with Crippen molar-refractivity contribution in [3.63, 3.8) is 0 Å². The molecule has 26 heavy (non-hydrogen) atoms. The molecule has 0 aromatic heterocycles. The number of nitrogens with one attached hydrogen (secondary N) is 1. The van der Waals surface area contributed by atoms with E-state index in [4.69, 9.17) is 11.1 Å². The number of nitrogens with two attached hydrogens (primary N) is 1. The molecule has 0 aliphatic heterocycles. The molecule has 0 spiro atoms. The number of hydrogen-bond donors (Lipinski definition) is 2. The second kappa shape index (κ2) is 8.39. The van der Waals surface area contributed by atoms with Crippen LogP contribution in [-0.4, -0.2) is 5.96 Å². The van der Waals surface area contributed by atoms with E-state index in [0.717, 1.165) is 5.69 Å². The predicted molar refractivity (Wildman–Crippen MR) is 111 cm³/mol. The van der Waals surface area contributed by atoms with Crippen LogP contribution in [0.3, 0.4) is 0 Å². The number of benzene rings is 2. The average molecular weight is 350 g/mol. The van der Waals surface area contributed by atoms with Crippen LogP contribution in [0.1, 0.15) is 74.5 Å². The Hall–Kier alpha value is -2.29. The molecule has 1 saturated carbocycles. The fourth-order valence-electron chi connectivity index (χ4n) is 3.87. The molecule has 2 aromatic rings. The summed E-state index contributed by atoms with van der Waals surface area (Å²) in [7, 11) is 0. The SMILES string of the molecule is CC(C)c1ccc(CN(C(=N)N)c2ccc(C3CCCCC3)cc2)cc1. The summed E-state index contributed by atoms with van der Waals surface area (Å²) in [6.07, 6.45) is 6.68. The Morgan fingerprint density at radius 1 is 1.00 bits per heavy atom. The maximum Gasteiger partial charge on any atom is 0.193 e. The Bertz CT molecular complexity index is 710. The summed E-state index contributed by atoms with van der Waals surface area (Å²) >= 11 is 0. The highest BCUT2D eigenvalue weighted by Gasteiger charge is 2.16. The topological polar surface area (TPSA) is 53.1 Å². The van der Waals surface area contributed by atoms with Gasteiger partial charge in [-0.15, -0.1) is 0 Å². The van der Waals surface area contributed by atoms with E-state index in [9.17, 15) is 0 Å². The molecule has 3 nitrogen and oxygen atoms in total. The number of nitrogens with zero attached hydrogens (tertiary/aromatic N) is 1. The molecule has 0 atom stereocenters. The van der Waals surface area contributed by atoms with Crippen LogP contribution in [0.15, 0.2) is 48.5 Å². The Balaban J connectivity index is 1.73. The van der Waals surface area contributed by atoms with E-state index < -0.39 is 0 Å². The number of rotatable bonds is 5. The standard InChI is InChI=1S/C23H31N3/c1-17(2)19-10-8-18(9-11-19)16-26(23(24)25)22-14-12-21(13-15-22)20-6-4-3-5-7-20/h8-15,17,20H,3-7,16H2,1-2H3,(H3,24,25). The van der Waals surface area contributed by atoms with E-state index in [-0.39, 0.29) is 5.96 Å². The zero-order valence-electron chi connectivity index (χ0n) is 16.0. The Kier molecular flexibility index (Phi) is 5.97. The van der Waals surface area contributed by atoms with Crippen LogP contribution < -0.4 is 10.6 Å². The molecule has 2 aromatic carbocycles. The van der Waals surface area contributed by atoms with Crippen molar-refractivity contribution in [1.82, 2.24) is 0 Å². The Morgan fingerprint density at radius 3 is 2.15 bits per heavy atom. The first-order valence-electron chi connectivity index (χ1n) is 9.85. The van der Waals surface area contributed by atoms with Gasteiger partial charge in [0, 0.05) is 5.69 Å². The van der Waals surface area contributed by atoms with E-state index in [0.29, 0.717) is 18.4 Å². The van der Waals surface area contributed by atoms with Gasteiger partial charge in [0.2, 0.25) is 0 Å². The maximum absolute atomic E-state index is 8.00. The van der Waals surface area contributed by atoms with Gasteiger partial charge in [0.1, 0.15) is 0 Å². The van der Waals surface area contributed by atoms with Gasteiger partial charge in [0.15, 0.2) is 5.96 Å². The van der Waals surface area contributed by atoms with Crippen molar-refractivity contribution in [2.24, 2.45) is 5.73 Å². The van der Waals surface area contributed by atoms with Crippen LogP contribution in [0.4, 0.5) is 5.69 Å². The van der Waals surface area contributed by atoms with Crippen LogP contribution in [0.5, 0.6) is 0 Å². The van der Waals surface area contributed by atoms with Gasteiger partial charge in [0.25, 0.3) is 0 Å². The van der Waals surface area contributed by atoms with E-state index in [1.54, 1.807) is 0 Å². The van der Waals surface area contributed by atoms with Crippen molar-refractivity contribution >= 4 is 11.6 Å². The predicted octanol–water partition coefficient (Wildman–Crippen LogP) is 5.76. The van der Waals surface area contributed by atoms with E-state index in [1.165, 1.54) is 48.8 Å². The van der Waals surface area contributed by atoms with Gasteiger partial charge in [-0.3, -0.25) is 5.41 Å². The monoisotopic (exact) mass is 349 g/mol. The van der Waals surface area contributed by atoms with Gasteiger partial charge in [-0.05, 0) is 53.5 Å². The van der Waals surface area contributed by atoms with E-state index in [2.05, 4.69) is 62.4 Å². The fraction of sp³-hybridized carbons (Fsp3) is 0.435. The molecular weight excluding hydrogens is 318 g/mol. The molecule has 0 unspecified atom stereocenters. The van der Waals surface area contributed by atoms with Crippen LogP contribution in [-0.2, 0) is 6.54 Å². The van der Waals surface area contributed by atoms with E-state index >= 15 is 0 Å². The zero-order chi connectivity index (χ0) is 18.5. The van der Waals surface area contributed by atoms with Crippen molar-refractivity contribution in [3.8, 4) is 0 Å². The molecule has 3 heteroatoms. The van der Waals surface area contributed by atoms with Crippen molar-refractivity contribution in [3.05, 3.63) is 65.2 Å². The minimum absolute atomic E-state index is 0.0864. The highest BCUT2D eigenvalue weighted by molar-refractivity contribution is 5.92. The molecule has 1 fully saturated rings. The summed E-state index contributed by atoms with van der Waals surface area (Å²) in [5.74, 6) is 1.32. The van der Waals surface area contributed by atoms with Gasteiger partial charge in [0.05, 0.1) is 6.54 Å². The molecule has 138 valence electrons. The molecule has 0 saturated heterocycles. The summed E-state index contributed by atoms with van der Waals surface area (Å²) in [4.78, 5) is 1.87. The quantitative estimate of drug-likeness (QED) is 0.533. The minimum atomic E-state index is 0.0864. The van der Waals surface area contributed by atoms with E-state index in [1.807, 2.05) is 4.90 Å². The first kappa shape index (κ1) is 18.5. The van der Waals surface area contributed by atoms with Crippen LogP contribution in [0.25, 0.3) is 0 Å². The lowest BCUT2D eigenvalue weighted by atomic mass is 9.84. The molecule has 0 heterocycles. The molecule has 0 radical (unpaired) electrons. The third-order valence-electron chi connectivity index (χ3n) is 5.56. The van der Waals surface area contributed by atoms with Crippen LogP contribution in [0, 0.1) is 5.41 Å². The summed E-state index contributed by atoms with van der Waals surface area (Å²) in [6, 6.07) is 17.3. The number of anilines is 1. The van der Waals surface area contributed by atoms with Crippen molar-refractivity contribution in [1.29, 1.82) is 5.41 Å². The highest BCUT2D eigenvalue weighted by Crippen LogP contribution is 2.33. The molecule has 0 amide bonds. The Labute approximate surface area is 157 Å². The van der Waals surface area contributed by atoms with Crippen molar-refractivity contribution < 1.29 is 0 Å². The fourth-order valence-corrected chi connectivity index (χ4v) is 3.87. The summed E-state index contributed by atoms with van der Waals surface area (Å²) in [5, 5.41) is 8.00. The first-order valence-corrected chi connectivity index (χ1v) is 9.85. The molecule has 0 bridgehead atoms. The molecular formula is C23H31N3. The van der Waals surface area contributed by atoms with Crippen LogP contribution in [0.2, 0.25) is 0 Å². The average Bonchev–Trinajstić information content (AvgIpc) is 2.67. The van der Waals surface area contributed by atoms with Crippen LogP contribution >= 0.6 is 0 Å². The van der Waals surface area contributed by atoms with Gasteiger partial charge >= 0.3 is 0 Å². The smallest absolute Gasteiger partial charge is 0.193 e. The second-order valence-electron chi connectivity index (χ2n) is 7.79. The molecule has 3 rings (SSSR count).